The van der Waals surface area contributed by atoms with Gasteiger partial charge in [0.25, 0.3) is 0 Å². The maximum absolute atomic E-state index is 9.61. The van der Waals surface area contributed by atoms with Crippen molar-refractivity contribution in [3.8, 4) is 0 Å². The molecule has 0 amide bonds. The Kier molecular flexibility index (Phi) is 1.80. The van der Waals surface area contributed by atoms with Gasteiger partial charge in [0.15, 0.2) is 0 Å². The number of hydrogen-bond donors (Lipinski definition) is 1. The minimum atomic E-state index is 0.715. The van der Waals surface area contributed by atoms with Crippen LogP contribution < -0.4 is 10.7 Å². The van der Waals surface area contributed by atoms with Crippen molar-refractivity contribution in [2.75, 3.05) is 5.43 Å². The van der Waals surface area contributed by atoms with Crippen LogP contribution in [0.5, 0.6) is 0 Å². The monoisotopic (exact) mass is 122 g/mol. The number of nitrogens with one attached hydrogen (secondary N) is 1. The summed E-state index contributed by atoms with van der Waals surface area (Å²) < 4.78 is 0. The molecule has 0 atom stereocenters. The summed E-state index contributed by atoms with van der Waals surface area (Å²) in [5, 5.41) is 2.51. The molecule has 9 heavy (non-hydrogen) atoms. The van der Waals surface area contributed by atoms with E-state index in [4.69, 9.17) is 0 Å². The minimum Gasteiger partial charge on any atom is -0.0621 e. The van der Waals surface area contributed by atoms with Crippen LogP contribution in [0.1, 0.15) is 0 Å². The third-order valence-corrected chi connectivity index (χ3v) is 0.949. The maximum Gasteiger partial charge on any atom is 0.483 e. The quantitative estimate of drug-likeness (QED) is 0.597. The Morgan fingerprint density at radius 1 is 1.22 bits per heavy atom. The van der Waals surface area contributed by atoms with Crippen molar-refractivity contribution >= 4 is 5.69 Å². The van der Waals surface area contributed by atoms with Crippen LogP contribution in [-0.2, 0) is 0 Å². The van der Waals surface area contributed by atoms with E-state index in [0.717, 1.165) is 0 Å². The maximum atomic E-state index is 9.61. The number of para-hydroxylation sites is 1. The lowest BCUT2D eigenvalue weighted by molar-refractivity contribution is 1.17. The molecule has 0 bridgehead atoms. The zero-order chi connectivity index (χ0) is 6.53. The highest BCUT2D eigenvalue weighted by molar-refractivity contribution is 5.40. The molecule has 1 aromatic carbocycles. The summed E-state index contributed by atoms with van der Waals surface area (Å²) in [7, 11) is 0. The van der Waals surface area contributed by atoms with Gasteiger partial charge in [0.2, 0.25) is 0 Å². The molecule has 0 spiro atoms. The van der Waals surface area contributed by atoms with Gasteiger partial charge in [-0.3, -0.25) is 0 Å². The standard InChI is InChI=1S/C6H6N2O/c9-8-7-6-4-2-1-3-5-6/h1-5H,(H,7,9)/q+1. The van der Waals surface area contributed by atoms with E-state index in [2.05, 4.69) is 10.7 Å². The summed E-state index contributed by atoms with van der Waals surface area (Å²) in [5.41, 5.74) is 2.99. The summed E-state index contributed by atoms with van der Waals surface area (Å²) in [6, 6.07) is 9.06. The van der Waals surface area contributed by atoms with Crippen molar-refractivity contribution in [1.82, 2.24) is 5.29 Å². The predicted molar refractivity (Wildman–Crippen MR) is 35.6 cm³/mol. The lowest BCUT2D eigenvalue weighted by atomic mass is 10.3. The minimum absolute atomic E-state index is 0.715. The number of benzene rings is 1. The summed E-state index contributed by atoms with van der Waals surface area (Å²) in [4.78, 5) is 9.61. The average molecular weight is 122 g/mol. The van der Waals surface area contributed by atoms with Crippen molar-refractivity contribution in [3.63, 3.8) is 0 Å². The first-order valence-corrected chi connectivity index (χ1v) is 2.57. The largest absolute Gasteiger partial charge is 0.483 e. The van der Waals surface area contributed by atoms with E-state index in [-0.39, 0.29) is 0 Å². The van der Waals surface area contributed by atoms with E-state index in [0.29, 0.717) is 5.69 Å². The smallest absolute Gasteiger partial charge is 0.0621 e. The second-order valence-electron chi connectivity index (χ2n) is 1.57. The molecule has 0 aromatic heterocycles. The first-order chi connectivity index (χ1) is 4.43. The molecule has 3 nitrogen and oxygen atoms in total. The Balaban J connectivity index is 2.72. The molecule has 1 N–H and O–H groups in total. The van der Waals surface area contributed by atoms with Gasteiger partial charge in [0, 0.05) is 0 Å². The van der Waals surface area contributed by atoms with Crippen molar-refractivity contribution in [2.24, 2.45) is 0 Å². The SMILES string of the molecule is O=[N+]Nc1ccccc1. The fraction of sp³-hybridized carbons (Fsp3) is 0. The third-order valence-electron chi connectivity index (χ3n) is 0.949. The fourth-order valence-corrected chi connectivity index (χ4v) is 0.565. The highest BCUT2D eigenvalue weighted by atomic mass is 16.3. The molecule has 1 aromatic rings. The summed E-state index contributed by atoms with van der Waals surface area (Å²) in [6.07, 6.45) is 0. The van der Waals surface area contributed by atoms with Crippen molar-refractivity contribution in [2.45, 2.75) is 0 Å². The van der Waals surface area contributed by atoms with E-state index < -0.39 is 0 Å². The third kappa shape index (κ3) is 1.53. The van der Waals surface area contributed by atoms with Gasteiger partial charge in [-0.1, -0.05) is 18.2 Å². The molecule has 0 fully saturated rings. The second kappa shape index (κ2) is 2.81. The van der Waals surface area contributed by atoms with Gasteiger partial charge >= 0.3 is 5.29 Å². The molecule has 1 radical (unpaired) electrons. The van der Waals surface area contributed by atoms with Gasteiger partial charge in [-0.05, 0) is 17.6 Å². The molecule has 1 rings (SSSR count). The number of nitroso groups, excluding NO2 is 1. The van der Waals surface area contributed by atoms with E-state index in [1.807, 2.05) is 18.2 Å². The Bertz CT molecular complexity index is 186. The topological polar surface area (TPSA) is 43.2 Å². The first kappa shape index (κ1) is 5.75. The Labute approximate surface area is 52.6 Å². The molecule has 0 aliphatic heterocycles. The molecule has 0 unspecified atom stereocenters. The Morgan fingerprint density at radius 3 is 2.44 bits per heavy atom. The van der Waals surface area contributed by atoms with Crippen molar-refractivity contribution in [3.05, 3.63) is 35.2 Å². The van der Waals surface area contributed by atoms with Gasteiger partial charge in [0.1, 0.15) is 10.6 Å². The first-order valence-electron chi connectivity index (χ1n) is 2.57. The van der Waals surface area contributed by atoms with Crippen LogP contribution in [-0.4, -0.2) is 0 Å². The summed E-state index contributed by atoms with van der Waals surface area (Å²) in [5.74, 6) is 0. The van der Waals surface area contributed by atoms with Crippen LogP contribution in [0.15, 0.2) is 30.3 Å². The molecular weight excluding hydrogens is 116 g/mol. The lowest BCUT2D eigenvalue weighted by Crippen LogP contribution is -1.95. The lowest BCUT2D eigenvalue weighted by Gasteiger charge is -1.83. The van der Waals surface area contributed by atoms with Gasteiger partial charge in [0.05, 0.1) is 0 Å². The van der Waals surface area contributed by atoms with Gasteiger partial charge in [-0.25, -0.2) is 0 Å². The highest BCUT2D eigenvalue weighted by Crippen LogP contribution is 2.01. The average Bonchev–Trinajstić information content (AvgIpc) is 1.91. The van der Waals surface area contributed by atoms with Crippen LogP contribution in [0.3, 0.4) is 0 Å². The molecule has 0 saturated carbocycles. The molecule has 0 aliphatic rings. The van der Waals surface area contributed by atoms with Crippen LogP contribution >= 0.6 is 0 Å². The zero-order valence-corrected chi connectivity index (χ0v) is 4.74. The molecule has 45 valence electrons. The number of nitrogens with zero attached hydrogens (tertiary/aromatic N) is 1. The van der Waals surface area contributed by atoms with Crippen LogP contribution in [0.2, 0.25) is 0 Å². The highest BCUT2D eigenvalue weighted by Gasteiger charge is 1.93. The van der Waals surface area contributed by atoms with Gasteiger partial charge in [-0.2, -0.15) is 0 Å². The van der Waals surface area contributed by atoms with E-state index in [1.54, 1.807) is 12.1 Å². The fourth-order valence-electron chi connectivity index (χ4n) is 0.565. The molecular formula is C6H6N2O+. The van der Waals surface area contributed by atoms with E-state index >= 15 is 0 Å². The van der Waals surface area contributed by atoms with E-state index in [9.17, 15) is 4.91 Å². The number of anilines is 1. The molecule has 0 saturated heterocycles. The van der Waals surface area contributed by atoms with Gasteiger partial charge < -0.3 is 0 Å². The Hall–Kier alpha value is -1.38. The Morgan fingerprint density at radius 2 is 1.89 bits per heavy atom. The van der Waals surface area contributed by atoms with Crippen LogP contribution in [0.4, 0.5) is 5.69 Å². The zero-order valence-electron chi connectivity index (χ0n) is 4.74. The number of hydrogen-bond acceptors (Lipinski definition) is 2. The summed E-state index contributed by atoms with van der Waals surface area (Å²) in [6.45, 7) is 0. The van der Waals surface area contributed by atoms with Crippen LogP contribution in [0.25, 0.3) is 0 Å². The second-order valence-corrected chi connectivity index (χ2v) is 1.57. The molecule has 0 heterocycles. The summed E-state index contributed by atoms with van der Waals surface area (Å²) >= 11 is 0. The van der Waals surface area contributed by atoms with Crippen LogP contribution in [0, 0.1) is 4.91 Å². The normalized spacial score (nSPS) is 8.44. The molecule has 3 heteroatoms. The van der Waals surface area contributed by atoms with Crippen molar-refractivity contribution in [1.29, 1.82) is 0 Å². The number of rotatable bonds is 2. The van der Waals surface area contributed by atoms with E-state index in [1.165, 1.54) is 0 Å². The predicted octanol–water partition coefficient (Wildman–Crippen LogP) is 1.12. The van der Waals surface area contributed by atoms with Gasteiger partial charge in [-0.15, -0.1) is 0 Å². The molecule has 0 aliphatic carbocycles. The van der Waals surface area contributed by atoms with Crippen molar-refractivity contribution < 1.29 is 0 Å².